The van der Waals surface area contributed by atoms with Crippen LogP contribution in [0.25, 0.3) is 0 Å². The fourth-order valence-electron chi connectivity index (χ4n) is 2.84. The molecule has 28 heavy (non-hydrogen) atoms. The molecule has 0 heterocycles. The molecule has 1 atom stereocenters. The van der Waals surface area contributed by atoms with E-state index in [1.807, 2.05) is 18.2 Å². The van der Waals surface area contributed by atoms with Crippen LogP contribution in [0.4, 0.5) is 5.69 Å². The zero-order valence-corrected chi connectivity index (χ0v) is 18.9. The van der Waals surface area contributed by atoms with Gasteiger partial charge in [-0.3, -0.25) is 9.62 Å². The van der Waals surface area contributed by atoms with Crippen LogP contribution in [-0.2, 0) is 16.4 Å². The van der Waals surface area contributed by atoms with Gasteiger partial charge in [-0.1, -0.05) is 30.3 Å². The molecule has 1 N–H and O–H groups in total. The van der Waals surface area contributed by atoms with Crippen LogP contribution < -0.4 is 9.46 Å². The molecule has 5 nitrogen and oxygen atoms in total. The van der Waals surface area contributed by atoms with Gasteiger partial charge >= 0.3 is 0 Å². The number of para-hydroxylation sites is 1. The molecule has 0 aromatic heterocycles. The number of hydrogen-bond acceptors (Lipinski definition) is 4. The number of ether oxygens (including phenoxy) is 1. The van der Waals surface area contributed by atoms with E-state index in [9.17, 15) is 8.42 Å². The van der Waals surface area contributed by atoms with Gasteiger partial charge in [0.25, 0.3) is 0 Å². The highest BCUT2D eigenvalue weighted by atomic mass is 35.5. The summed E-state index contributed by atoms with van der Waals surface area (Å²) in [7, 11) is -1.14. The van der Waals surface area contributed by atoms with Crippen molar-refractivity contribution in [2.24, 2.45) is 0 Å². The van der Waals surface area contributed by atoms with Gasteiger partial charge in [0.15, 0.2) is 0 Å². The van der Waals surface area contributed by atoms with Crippen LogP contribution in [0.15, 0.2) is 42.5 Å². The van der Waals surface area contributed by atoms with Gasteiger partial charge in [-0.25, -0.2) is 8.42 Å². The van der Waals surface area contributed by atoms with Gasteiger partial charge in [0, 0.05) is 18.3 Å². The Morgan fingerprint density at radius 2 is 1.64 bits per heavy atom. The molecule has 0 bridgehead atoms. The summed E-state index contributed by atoms with van der Waals surface area (Å²) in [6, 6.07) is 14.0. The summed E-state index contributed by atoms with van der Waals surface area (Å²) in [5.74, 6) is 0.978. The first-order valence-corrected chi connectivity index (χ1v) is 11.0. The second-order valence-corrected chi connectivity index (χ2v) is 8.93. The summed E-state index contributed by atoms with van der Waals surface area (Å²) >= 11 is 0. The molecule has 2 rings (SSSR count). The summed E-state index contributed by atoms with van der Waals surface area (Å²) in [4.78, 5) is 2.27. The number of anilines is 1. The van der Waals surface area contributed by atoms with Gasteiger partial charge in [-0.15, -0.1) is 12.4 Å². The third-order valence-corrected chi connectivity index (χ3v) is 5.25. The Morgan fingerprint density at radius 1 is 1.07 bits per heavy atom. The second-order valence-electron chi connectivity index (χ2n) is 7.18. The van der Waals surface area contributed by atoms with Gasteiger partial charge in [0.2, 0.25) is 10.0 Å². The fraction of sp³-hybridized carbons (Fsp3) is 0.429. The van der Waals surface area contributed by atoms with E-state index < -0.39 is 10.0 Å². The maximum atomic E-state index is 11.3. The van der Waals surface area contributed by atoms with Crippen LogP contribution in [-0.4, -0.2) is 45.8 Å². The predicted octanol–water partition coefficient (Wildman–Crippen LogP) is 4.04. The number of hydrogen-bond donors (Lipinski definition) is 1. The van der Waals surface area contributed by atoms with E-state index in [-0.39, 0.29) is 18.4 Å². The summed E-state index contributed by atoms with van der Waals surface area (Å²) in [5, 5.41) is 0. The van der Waals surface area contributed by atoms with Crippen LogP contribution in [0.1, 0.15) is 23.6 Å². The highest BCUT2D eigenvalue weighted by molar-refractivity contribution is 7.92. The number of rotatable bonds is 9. The highest BCUT2D eigenvalue weighted by Gasteiger charge is 2.12. The molecule has 0 saturated carbocycles. The van der Waals surface area contributed by atoms with Gasteiger partial charge in [0.1, 0.15) is 12.4 Å². The van der Waals surface area contributed by atoms with Crippen molar-refractivity contribution in [3.63, 3.8) is 0 Å². The Balaban J connectivity index is 0.00000392. The Hall–Kier alpha value is -1.76. The van der Waals surface area contributed by atoms with Gasteiger partial charge in [-0.05, 0) is 63.1 Å². The lowest BCUT2D eigenvalue weighted by Gasteiger charge is -2.25. The second kappa shape index (κ2) is 10.7. The van der Waals surface area contributed by atoms with E-state index in [1.165, 1.54) is 5.56 Å². The lowest BCUT2D eigenvalue weighted by Crippen LogP contribution is -2.35. The van der Waals surface area contributed by atoms with Crippen molar-refractivity contribution in [2.75, 3.05) is 31.2 Å². The van der Waals surface area contributed by atoms with E-state index in [0.29, 0.717) is 12.3 Å². The summed E-state index contributed by atoms with van der Waals surface area (Å²) in [6.07, 6.45) is 2.04. The first kappa shape index (κ1) is 24.3. The first-order chi connectivity index (χ1) is 12.7. The standard InChI is InChI=1S/C21H30N2O3S.ClH/c1-16-7-6-8-17(2)21(16)26-15-18(3)23(4)14-13-19-9-11-20(12-10-19)22-27(5,24)25;/h6-12,18,22H,13-15H2,1-5H3;1H/t18-;/m1./s1. The van der Waals surface area contributed by atoms with E-state index in [0.717, 1.165) is 36.1 Å². The molecule has 7 heteroatoms. The average molecular weight is 427 g/mol. The molecule has 2 aromatic carbocycles. The van der Waals surface area contributed by atoms with Crippen molar-refractivity contribution in [3.05, 3.63) is 59.2 Å². The van der Waals surface area contributed by atoms with E-state index in [4.69, 9.17) is 4.74 Å². The van der Waals surface area contributed by atoms with Crippen LogP contribution in [0, 0.1) is 13.8 Å². The maximum absolute atomic E-state index is 11.3. The highest BCUT2D eigenvalue weighted by Crippen LogP contribution is 2.22. The van der Waals surface area contributed by atoms with Crippen molar-refractivity contribution < 1.29 is 13.2 Å². The van der Waals surface area contributed by atoms with Crippen molar-refractivity contribution in [1.29, 1.82) is 0 Å². The van der Waals surface area contributed by atoms with Gasteiger partial charge < -0.3 is 4.74 Å². The maximum Gasteiger partial charge on any atom is 0.229 e. The molecule has 0 saturated heterocycles. The van der Waals surface area contributed by atoms with Crippen LogP contribution in [0.2, 0.25) is 0 Å². The molecule has 0 unspecified atom stereocenters. The zero-order valence-electron chi connectivity index (χ0n) is 17.2. The Morgan fingerprint density at radius 3 is 2.18 bits per heavy atom. The van der Waals surface area contributed by atoms with Crippen molar-refractivity contribution in [3.8, 4) is 5.75 Å². The minimum absolute atomic E-state index is 0. The lowest BCUT2D eigenvalue weighted by atomic mass is 10.1. The zero-order chi connectivity index (χ0) is 20.0. The summed E-state index contributed by atoms with van der Waals surface area (Å²) < 4.78 is 31.0. The Labute approximate surface area is 175 Å². The average Bonchev–Trinajstić information content (AvgIpc) is 2.59. The van der Waals surface area contributed by atoms with Gasteiger partial charge in [0.05, 0.1) is 6.26 Å². The number of likely N-dealkylation sites (N-methyl/N-ethyl adjacent to an activating group) is 1. The van der Waals surface area contributed by atoms with Crippen LogP contribution in [0.3, 0.4) is 0 Å². The van der Waals surface area contributed by atoms with Crippen LogP contribution >= 0.6 is 12.4 Å². The minimum atomic E-state index is -3.23. The molecule has 0 aliphatic heterocycles. The summed E-state index contributed by atoms with van der Waals surface area (Å²) in [6.45, 7) is 7.83. The SMILES string of the molecule is Cc1cccc(C)c1OC[C@@H](C)N(C)CCc1ccc(NS(C)(=O)=O)cc1.Cl. The van der Waals surface area contributed by atoms with Crippen LogP contribution in [0.5, 0.6) is 5.75 Å². The molecule has 0 radical (unpaired) electrons. The smallest absolute Gasteiger partial charge is 0.229 e. The molecular weight excluding hydrogens is 396 g/mol. The number of sulfonamides is 1. The van der Waals surface area contributed by atoms with E-state index >= 15 is 0 Å². The summed E-state index contributed by atoms with van der Waals surface area (Å²) in [5.41, 5.74) is 4.08. The third-order valence-electron chi connectivity index (χ3n) is 4.64. The van der Waals surface area contributed by atoms with Gasteiger partial charge in [-0.2, -0.15) is 0 Å². The predicted molar refractivity (Wildman–Crippen MR) is 119 cm³/mol. The molecule has 0 spiro atoms. The normalized spacial score (nSPS) is 12.4. The largest absolute Gasteiger partial charge is 0.491 e. The quantitative estimate of drug-likeness (QED) is 0.657. The molecule has 0 aliphatic carbocycles. The van der Waals surface area contributed by atoms with Crippen molar-refractivity contribution >= 4 is 28.1 Å². The molecule has 156 valence electrons. The van der Waals surface area contributed by atoms with Crippen molar-refractivity contribution in [2.45, 2.75) is 33.2 Å². The number of halogens is 1. The number of nitrogens with one attached hydrogen (secondary N) is 1. The van der Waals surface area contributed by atoms with Crippen molar-refractivity contribution in [1.82, 2.24) is 4.90 Å². The van der Waals surface area contributed by atoms with E-state index in [2.05, 4.69) is 49.6 Å². The molecular formula is C21H31ClN2O3S. The molecule has 0 amide bonds. The molecule has 0 fully saturated rings. The number of aryl methyl sites for hydroxylation is 2. The minimum Gasteiger partial charge on any atom is -0.491 e. The molecule has 0 aliphatic rings. The Bertz CT molecular complexity index is 834. The fourth-order valence-corrected chi connectivity index (χ4v) is 3.40. The monoisotopic (exact) mass is 426 g/mol. The third kappa shape index (κ3) is 7.70. The molecule has 2 aromatic rings. The number of nitrogens with zero attached hydrogens (tertiary/aromatic N) is 1. The topological polar surface area (TPSA) is 58.6 Å². The Kier molecular flexibility index (Phi) is 9.27. The van der Waals surface area contributed by atoms with E-state index in [1.54, 1.807) is 12.1 Å². The lowest BCUT2D eigenvalue weighted by molar-refractivity contribution is 0.173. The number of benzene rings is 2. The first-order valence-electron chi connectivity index (χ1n) is 9.11.